The van der Waals surface area contributed by atoms with E-state index in [0.717, 1.165) is 6.42 Å². The van der Waals surface area contributed by atoms with Crippen molar-refractivity contribution < 1.29 is 9.90 Å². The van der Waals surface area contributed by atoms with Gasteiger partial charge in [0, 0.05) is 13.1 Å². The molecule has 0 fully saturated rings. The van der Waals surface area contributed by atoms with Gasteiger partial charge in [-0.2, -0.15) is 0 Å². The molecule has 0 aromatic rings. The summed E-state index contributed by atoms with van der Waals surface area (Å²) in [4.78, 5) is 13.5. The van der Waals surface area contributed by atoms with Crippen LogP contribution in [0.3, 0.4) is 0 Å². The molecule has 0 heterocycles. The topological polar surface area (TPSA) is 66.6 Å². The Morgan fingerprint density at radius 1 is 1.50 bits per heavy atom. The van der Waals surface area contributed by atoms with Crippen LogP contribution in [0.4, 0.5) is 0 Å². The van der Waals surface area contributed by atoms with Crippen LogP contribution in [0.15, 0.2) is 0 Å². The van der Waals surface area contributed by atoms with E-state index in [2.05, 4.69) is 0 Å². The highest BCUT2D eigenvalue weighted by atomic mass is 16.3. The molecular formula is C10H22N2O2. The van der Waals surface area contributed by atoms with E-state index >= 15 is 0 Å². The van der Waals surface area contributed by atoms with Gasteiger partial charge in [0.05, 0.1) is 12.1 Å². The highest BCUT2D eigenvalue weighted by molar-refractivity contribution is 5.85. The second-order valence-corrected chi connectivity index (χ2v) is 3.78. The number of likely N-dealkylation sites (N-methyl/N-ethyl adjacent to an activating group) is 1. The fourth-order valence-electron chi connectivity index (χ4n) is 1.51. The zero-order valence-electron chi connectivity index (χ0n) is 9.42. The zero-order valence-corrected chi connectivity index (χ0v) is 9.42. The fourth-order valence-corrected chi connectivity index (χ4v) is 1.51. The molecule has 0 bridgehead atoms. The summed E-state index contributed by atoms with van der Waals surface area (Å²) in [7, 11) is 0. The number of hydrogen-bond donors (Lipinski definition) is 2. The number of aliphatic hydroxyl groups excluding tert-OH is 1. The molecule has 0 rings (SSSR count). The average Bonchev–Trinajstić information content (AvgIpc) is 2.13. The predicted octanol–water partition coefficient (Wildman–Crippen LogP) is 0.345. The molecule has 0 aromatic heterocycles. The predicted molar refractivity (Wildman–Crippen MR) is 56.8 cm³/mol. The van der Waals surface area contributed by atoms with Crippen molar-refractivity contribution in [3.05, 3.63) is 0 Å². The van der Waals surface area contributed by atoms with Gasteiger partial charge >= 0.3 is 0 Å². The molecule has 4 heteroatoms. The lowest BCUT2D eigenvalue weighted by atomic mass is 9.96. The van der Waals surface area contributed by atoms with Crippen LogP contribution >= 0.6 is 0 Å². The van der Waals surface area contributed by atoms with Crippen molar-refractivity contribution in [1.29, 1.82) is 0 Å². The van der Waals surface area contributed by atoms with Gasteiger partial charge in [0.1, 0.15) is 0 Å². The standard InChI is InChI=1S/C10H22N2O2/c1-4-6-10(3,11)9(14)12(5-2)7-8-13/h13H,4-8,11H2,1-3H3. The molecule has 1 unspecified atom stereocenters. The SMILES string of the molecule is CCCC(C)(N)C(=O)N(CC)CCO. The van der Waals surface area contributed by atoms with Gasteiger partial charge < -0.3 is 15.7 Å². The minimum absolute atomic E-state index is 0.0121. The van der Waals surface area contributed by atoms with Crippen LogP contribution in [0.25, 0.3) is 0 Å². The van der Waals surface area contributed by atoms with Gasteiger partial charge in [0.25, 0.3) is 0 Å². The van der Waals surface area contributed by atoms with E-state index in [1.54, 1.807) is 11.8 Å². The van der Waals surface area contributed by atoms with Crippen molar-refractivity contribution >= 4 is 5.91 Å². The first kappa shape index (κ1) is 13.4. The highest BCUT2D eigenvalue weighted by Crippen LogP contribution is 2.12. The number of amides is 1. The van der Waals surface area contributed by atoms with Crippen molar-refractivity contribution in [2.75, 3.05) is 19.7 Å². The maximum Gasteiger partial charge on any atom is 0.242 e. The van der Waals surface area contributed by atoms with Gasteiger partial charge in [-0.1, -0.05) is 13.3 Å². The Kier molecular flexibility index (Phi) is 5.72. The molecule has 1 amide bonds. The third-order valence-electron chi connectivity index (χ3n) is 2.30. The van der Waals surface area contributed by atoms with Gasteiger partial charge in [-0.3, -0.25) is 4.79 Å². The number of nitrogens with zero attached hydrogens (tertiary/aromatic N) is 1. The molecular weight excluding hydrogens is 180 g/mol. The van der Waals surface area contributed by atoms with Gasteiger partial charge in [0.2, 0.25) is 5.91 Å². The summed E-state index contributed by atoms with van der Waals surface area (Å²) in [6, 6.07) is 0. The molecule has 84 valence electrons. The van der Waals surface area contributed by atoms with Crippen LogP contribution in [0.1, 0.15) is 33.6 Å². The summed E-state index contributed by atoms with van der Waals surface area (Å²) in [6.07, 6.45) is 1.56. The molecule has 3 N–H and O–H groups in total. The third-order valence-corrected chi connectivity index (χ3v) is 2.30. The Hall–Kier alpha value is -0.610. The molecule has 4 nitrogen and oxygen atoms in total. The van der Waals surface area contributed by atoms with Gasteiger partial charge in [-0.25, -0.2) is 0 Å². The monoisotopic (exact) mass is 202 g/mol. The van der Waals surface area contributed by atoms with Crippen molar-refractivity contribution in [3.63, 3.8) is 0 Å². The lowest BCUT2D eigenvalue weighted by Gasteiger charge is -2.30. The highest BCUT2D eigenvalue weighted by Gasteiger charge is 2.30. The van der Waals surface area contributed by atoms with Crippen molar-refractivity contribution in [2.45, 2.75) is 39.2 Å². The molecule has 0 aliphatic carbocycles. The minimum atomic E-state index is -0.792. The molecule has 0 aromatic carbocycles. The van der Waals surface area contributed by atoms with Crippen LogP contribution < -0.4 is 5.73 Å². The number of carbonyl (C=O) groups excluding carboxylic acids is 1. The smallest absolute Gasteiger partial charge is 0.242 e. The molecule has 1 atom stereocenters. The van der Waals surface area contributed by atoms with Crippen molar-refractivity contribution in [2.24, 2.45) is 5.73 Å². The minimum Gasteiger partial charge on any atom is -0.395 e. The lowest BCUT2D eigenvalue weighted by Crippen LogP contribution is -2.53. The summed E-state index contributed by atoms with van der Waals surface area (Å²) >= 11 is 0. The maximum absolute atomic E-state index is 11.9. The molecule has 0 radical (unpaired) electrons. The van der Waals surface area contributed by atoms with Gasteiger partial charge in [-0.05, 0) is 20.3 Å². The first-order chi connectivity index (χ1) is 6.49. The fraction of sp³-hybridized carbons (Fsp3) is 0.900. The van der Waals surface area contributed by atoms with E-state index in [-0.39, 0.29) is 12.5 Å². The Labute approximate surface area is 86.1 Å². The quantitative estimate of drug-likeness (QED) is 0.653. The molecule has 14 heavy (non-hydrogen) atoms. The zero-order chi connectivity index (χ0) is 11.2. The number of carbonyl (C=O) groups is 1. The van der Waals surface area contributed by atoms with Gasteiger partial charge in [-0.15, -0.1) is 0 Å². The Morgan fingerprint density at radius 3 is 2.43 bits per heavy atom. The average molecular weight is 202 g/mol. The van der Waals surface area contributed by atoms with Crippen LogP contribution in [-0.4, -0.2) is 41.1 Å². The van der Waals surface area contributed by atoms with Crippen LogP contribution in [0.2, 0.25) is 0 Å². The summed E-state index contributed by atoms with van der Waals surface area (Å²) in [5.41, 5.74) is 5.11. The molecule has 0 aliphatic heterocycles. The number of rotatable bonds is 6. The Morgan fingerprint density at radius 2 is 2.07 bits per heavy atom. The molecule has 0 aliphatic rings. The summed E-state index contributed by atoms with van der Waals surface area (Å²) in [6.45, 7) is 6.58. The summed E-state index contributed by atoms with van der Waals surface area (Å²) < 4.78 is 0. The van der Waals surface area contributed by atoms with Gasteiger partial charge in [0.15, 0.2) is 0 Å². The third kappa shape index (κ3) is 3.64. The lowest BCUT2D eigenvalue weighted by molar-refractivity contribution is -0.137. The second kappa shape index (κ2) is 5.98. The van der Waals surface area contributed by atoms with E-state index < -0.39 is 5.54 Å². The van der Waals surface area contributed by atoms with Crippen LogP contribution in [0.5, 0.6) is 0 Å². The first-order valence-corrected chi connectivity index (χ1v) is 5.18. The molecule has 0 saturated heterocycles. The number of aliphatic hydroxyl groups is 1. The normalized spacial score (nSPS) is 14.9. The summed E-state index contributed by atoms with van der Waals surface area (Å²) in [5.74, 6) is -0.0732. The second-order valence-electron chi connectivity index (χ2n) is 3.78. The van der Waals surface area contributed by atoms with Crippen molar-refractivity contribution in [1.82, 2.24) is 4.90 Å². The van der Waals surface area contributed by atoms with E-state index in [9.17, 15) is 4.79 Å². The van der Waals surface area contributed by atoms with E-state index in [1.165, 1.54) is 0 Å². The first-order valence-electron chi connectivity index (χ1n) is 5.18. The van der Waals surface area contributed by atoms with Crippen LogP contribution in [0, 0.1) is 0 Å². The van der Waals surface area contributed by atoms with Crippen LogP contribution in [-0.2, 0) is 4.79 Å². The Bertz CT molecular complexity index is 181. The largest absolute Gasteiger partial charge is 0.395 e. The summed E-state index contributed by atoms with van der Waals surface area (Å²) in [5, 5.41) is 8.78. The van der Waals surface area contributed by atoms with E-state index in [1.807, 2.05) is 13.8 Å². The van der Waals surface area contributed by atoms with Crippen molar-refractivity contribution in [3.8, 4) is 0 Å². The molecule has 0 saturated carbocycles. The van der Waals surface area contributed by atoms with E-state index in [0.29, 0.717) is 19.5 Å². The maximum atomic E-state index is 11.9. The molecule has 0 spiro atoms. The number of hydrogen-bond acceptors (Lipinski definition) is 3. The number of nitrogens with two attached hydrogens (primary N) is 1. The Balaban J connectivity index is 4.39. The van der Waals surface area contributed by atoms with E-state index in [4.69, 9.17) is 10.8 Å².